The molecule has 8 heteroatoms. The number of ether oxygens (including phenoxy) is 1. The highest BCUT2D eigenvalue weighted by Crippen LogP contribution is 2.23. The number of nitrogens with one attached hydrogen (secondary N) is 2. The van der Waals surface area contributed by atoms with E-state index < -0.39 is 6.36 Å². The fourth-order valence-corrected chi connectivity index (χ4v) is 2.10. The molecule has 120 valence electrons. The average Bonchev–Trinajstić information content (AvgIpc) is 2.87. The van der Waals surface area contributed by atoms with Gasteiger partial charge in [-0.1, -0.05) is 12.1 Å². The minimum atomic E-state index is -4.68. The van der Waals surface area contributed by atoms with Gasteiger partial charge in [-0.05, 0) is 35.9 Å². The molecule has 0 spiro atoms. The molecule has 3 rings (SSSR count). The first-order valence-corrected chi connectivity index (χ1v) is 6.73. The zero-order valence-corrected chi connectivity index (χ0v) is 11.8. The van der Waals surface area contributed by atoms with Crippen molar-refractivity contribution in [3.8, 4) is 5.75 Å². The van der Waals surface area contributed by atoms with Gasteiger partial charge in [-0.15, -0.1) is 13.2 Å². The van der Waals surface area contributed by atoms with Crippen molar-refractivity contribution < 1.29 is 17.9 Å². The number of aromatic nitrogens is 2. The molecular weight excluding hydrogens is 309 g/mol. The Morgan fingerprint density at radius 1 is 1.13 bits per heavy atom. The van der Waals surface area contributed by atoms with E-state index in [-0.39, 0.29) is 5.75 Å². The number of H-pyrrole nitrogens is 1. The van der Waals surface area contributed by atoms with Gasteiger partial charge in [-0.3, -0.25) is 0 Å². The topological polar surface area (TPSA) is 76.0 Å². The summed E-state index contributed by atoms with van der Waals surface area (Å²) in [5, 5.41) is 3.07. The minimum absolute atomic E-state index is 0.250. The second kappa shape index (κ2) is 5.71. The van der Waals surface area contributed by atoms with Crippen LogP contribution < -0.4 is 15.8 Å². The number of imidazole rings is 1. The van der Waals surface area contributed by atoms with Crippen molar-refractivity contribution in [2.24, 2.45) is 0 Å². The predicted molar refractivity (Wildman–Crippen MR) is 81.0 cm³/mol. The summed E-state index contributed by atoms with van der Waals surface area (Å²) in [7, 11) is 0. The number of nitrogen functional groups attached to an aromatic ring is 1. The second-order valence-corrected chi connectivity index (χ2v) is 4.91. The van der Waals surface area contributed by atoms with E-state index in [2.05, 4.69) is 20.0 Å². The number of hydrogen-bond donors (Lipinski definition) is 3. The van der Waals surface area contributed by atoms with Crippen LogP contribution in [0.15, 0.2) is 42.5 Å². The summed E-state index contributed by atoms with van der Waals surface area (Å²) >= 11 is 0. The van der Waals surface area contributed by atoms with Crippen LogP contribution in [0.1, 0.15) is 5.56 Å². The van der Waals surface area contributed by atoms with Crippen molar-refractivity contribution in [2.75, 3.05) is 11.1 Å². The zero-order valence-electron chi connectivity index (χ0n) is 11.8. The van der Waals surface area contributed by atoms with Gasteiger partial charge in [0.1, 0.15) is 5.75 Å². The molecule has 4 N–H and O–H groups in total. The van der Waals surface area contributed by atoms with E-state index in [9.17, 15) is 13.2 Å². The highest BCUT2D eigenvalue weighted by molar-refractivity contribution is 5.80. The fraction of sp³-hybridized carbons (Fsp3) is 0.133. The van der Waals surface area contributed by atoms with E-state index in [0.29, 0.717) is 18.2 Å². The molecule has 0 fully saturated rings. The van der Waals surface area contributed by atoms with Gasteiger partial charge in [-0.25, -0.2) is 4.98 Å². The second-order valence-electron chi connectivity index (χ2n) is 4.91. The van der Waals surface area contributed by atoms with Crippen molar-refractivity contribution in [1.29, 1.82) is 0 Å². The lowest BCUT2D eigenvalue weighted by Crippen LogP contribution is -2.17. The van der Waals surface area contributed by atoms with Crippen LogP contribution in [0.3, 0.4) is 0 Å². The number of halogens is 3. The highest BCUT2D eigenvalue weighted by Gasteiger charge is 2.30. The lowest BCUT2D eigenvalue weighted by Gasteiger charge is -2.09. The number of fused-ring (bicyclic) bond motifs is 1. The van der Waals surface area contributed by atoms with E-state index in [1.807, 2.05) is 6.07 Å². The average molecular weight is 322 g/mol. The Morgan fingerprint density at radius 2 is 1.87 bits per heavy atom. The minimum Gasteiger partial charge on any atom is -0.406 e. The van der Waals surface area contributed by atoms with Gasteiger partial charge in [0, 0.05) is 12.2 Å². The smallest absolute Gasteiger partial charge is 0.406 e. The van der Waals surface area contributed by atoms with Crippen LogP contribution in [0, 0.1) is 0 Å². The molecule has 23 heavy (non-hydrogen) atoms. The van der Waals surface area contributed by atoms with Crippen LogP contribution in [0.4, 0.5) is 24.8 Å². The monoisotopic (exact) mass is 322 g/mol. The van der Waals surface area contributed by atoms with E-state index in [4.69, 9.17) is 5.73 Å². The molecule has 0 saturated carbocycles. The van der Waals surface area contributed by atoms with Crippen LogP contribution >= 0.6 is 0 Å². The molecule has 0 amide bonds. The molecule has 0 aliphatic heterocycles. The molecule has 2 aromatic carbocycles. The van der Waals surface area contributed by atoms with Gasteiger partial charge in [0.25, 0.3) is 0 Å². The number of aromatic amines is 1. The maximum Gasteiger partial charge on any atom is 0.573 e. The zero-order chi connectivity index (χ0) is 16.4. The first-order chi connectivity index (χ1) is 10.9. The van der Waals surface area contributed by atoms with Gasteiger partial charge >= 0.3 is 6.36 Å². The normalized spacial score (nSPS) is 11.6. The summed E-state index contributed by atoms with van der Waals surface area (Å²) in [5.74, 6) is 0.307. The van der Waals surface area contributed by atoms with Crippen molar-refractivity contribution in [2.45, 2.75) is 12.9 Å². The van der Waals surface area contributed by atoms with Crippen molar-refractivity contribution >= 4 is 22.7 Å². The van der Waals surface area contributed by atoms with Gasteiger partial charge < -0.3 is 20.8 Å². The number of hydrogen-bond acceptors (Lipinski definition) is 4. The predicted octanol–water partition coefficient (Wildman–Crippen LogP) is 3.66. The number of rotatable bonds is 4. The molecule has 0 saturated heterocycles. The number of benzene rings is 2. The van der Waals surface area contributed by atoms with Crippen molar-refractivity contribution in [1.82, 2.24) is 9.97 Å². The SMILES string of the molecule is Nc1ccc2[nH]c(NCc3ccc(OC(F)(F)F)cc3)nc2c1. The quantitative estimate of drug-likeness (QED) is 0.641. The highest BCUT2D eigenvalue weighted by atomic mass is 19.4. The van der Waals surface area contributed by atoms with Gasteiger partial charge in [0.15, 0.2) is 0 Å². The summed E-state index contributed by atoms with van der Waals surface area (Å²) in [6.45, 7) is 0.404. The Kier molecular flexibility index (Phi) is 3.73. The maximum atomic E-state index is 12.1. The molecular formula is C15H13F3N4O. The molecule has 1 aromatic heterocycles. The van der Waals surface area contributed by atoms with Crippen LogP contribution in [-0.2, 0) is 6.54 Å². The van der Waals surface area contributed by atoms with Crippen LogP contribution in [0.25, 0.3) is 11.0 Å². The van der Waals surface area contributed by atoms with Crippen LogP contribution in [-0.4, -0.2) is 16.3 Å². The van der Waals surface area contributed by atoms with E-state index in [0.717, 1.165) is 16.6 Å². The standard InChI is InChI=1S/C15H13F3N4O/c16-15(17,18)23-11-4-1-9(2-5-11)8-20-14-21-12-6-3-10(19)7-13(12)22-14/h1-7H,8,19H2,(H2,20,21,22). The van der Waals surface area contributed by atoms with E-state index >= 15 is 0 Å². The molecule has 3 aromatic rings. The summed E-state index contributed by atoms with van der Waals surface area (Å²) < 4.78 is 40.1. The Labute approximate surface area is 129 Å². The van der Waals surface area contributed by atoms with Gasteiger partial charge in [-0.2, -0.15) is 0 Å². The summed E-state index contributed by atoms with van der Waals surface area (Å²) in [6, 6.07) is 11.0. The molecule has 1 heterocycles. The van der Waals surface area contributed by atoms with Crippen LogP contribution in [0.5, 0.6) is 5.75 Å². The maximum absolute atomic E-state index is 12.1. The fourth-order valence-electron chi connectivity index (χ4n) is 2.10. The first-order valence-electron chi connectivity index (χ1n) is 6.73. The lowest BCUT2D eigenvalue weighted by molar-refractivity contribution is -0.274. The van der Waals surface area contributed by atoms with Crippen molar-refractivity contribution in [3.63, 3.8) is 0 Å². The molecule has 0 aliphatic rings. The van der Waals surface area contributed by atoms with E-state index in [1.165, 1.54) is 12.1 Å². The van der Waals surface area contributed by atoms with Crippen molar-refractivity contribution in [3.05, 3.63) is 48.0 Å². The molecule has 0 bridgehead atoms. The molecule has 5 nitrogen and oxygen atoms in total. The number of nitrogens with two attached hydrogens (primary N) is 1. The third kappa shape index (κ3) is 3.85. The first kappa shape index (κ1) is 15.0. The van der Waals surface area contributed by atoms with Gasteiger partial charge in [0.2, 0.25) is 5.95 Å². The summed E-state index contributed by atoms with van der Waals surface area (Å²) in [6.07, 6.45) is -4.68. The molecule has 0 aliphatic carbocycles. The molecule has 0 atom stereocenters. The number of anilines is 2. The Balaban J connectivity index is 1.65. The largest absolute Gasteiger partial charge is 0.573 e. The summed E-state index contributed by atoms with van der Waals surface area (Å²) in [5.41, 5.74) is 8.68. The van der Waals surface area contributed by atoms with E-state index in [1.54, 1.807) is 24.3 Å². The molecule has 0 radical (unpaired) electrons. The Hall–Kier alpha value is -2.90. The Morgan fingerprint density at radius 3 is 2.57 bits per heavy atom. The molecule has 0 unspecified atom stereocenters. The number of nitrogens with zero attached hydrogens (tertiary/aromatic N) is 1. The lowest BCUT2D eigenvalue weighted by atomic mass is 10.2. The summed E-state index contributed by atoms with van der Waals surface area (Å²) in [4.78, 5) is 7.42. The Bertz CT molecular complexity index is 812. The third-order valence-corrected chi connectivity index (χ3v) is 3.12. The number of alkyl halides is 3. The third-order valence-electron chi connectivity index (χ3n) is 3.12. The van der Waals surface area contributed by atoms with Gasteiger partial charge in [0.05, 0.1) is 11.0 Å². The van der Waals surface area contributed by atoms with Crippen LogP contribution in [0.2, 0.25) is 0 Å².